The molecule has 1 N–H and O–H groups in total. The van der Waals surface area contributed by atoms with Gasteiger partial charge in [-0.15, -0.1) is 0 Å². The van der Waals surface area contributed by atoms with Crippen LogP contribution in [0, 0.1) is 0 Å². The van der Waals surface area contributed by atoms with Crippen LogP contribution < -0.4 is 10.2 Å². The van der Waals surface area contributed by atoms with Crippen LogP contribution in [0.2, 0.25) is 0 Å². The summed E-state index contributed by atoms with van der Waals surface area (Å²) in [6, 6.07) is 7.33. The minimum Gasteiger partial charge on any atom is -0.323 e. The molecule has 0 saturated carbocycles. The molecule has 1 aromatic rings. The molecule has 0 saturated heterocycles. The van der Waals surface area contributed by atoms with E-state index in [1.54, 1.807) is 6.07 Å². The van der Waals surface area contributed by atoms with Crippen LogP contribution in [0.5, 0.6) is 0 Å². The van der Waals surface area contributed by atoms with Crippen LogP contribution in [0.3, 0.4) is 0 Å². The van der Waals surface area contributed by atoms with Crippen molar-refractivity contribution in [2.75, 3.05) is 28.8 Å². The zero-order chi connectivity index (χ0) is 11.5. The maximum absolute atomic E-state index is 11.8. The van der Waals surface area contributed by atoms with Crippen molar-refractivity contribution < 1.29 is 9.59 Å². The highest BCUT2D eigenvalue weighted by atomic mass is 32.2. The molecule has 1 aliphatic rings. The summed E-state index contributed by atoms with van der Waals surface area (Å²) in [5.74, 6) is 0.213. The highest BCUT2D eigenvalue weighted by Crippen LogP contribution is 2.29. The molecule has 0 unspecified atom stereocenters. The maximum Gasteiger partial charge on any atom is 0.244 e. The van der Waals surface area contributed by atoms with Crippen molar-refractivity contribution in [3.63, 3.8) is 0 Å². The molecule has 0 aromatic heterocycles. The Bertz CT molecular complexity index is 434. The number of rotatable bonds is 2. The van der Waals surface area contributed by atoms with Crippen molar-refractivity contribution in [2.45, 2.75) is 0 Å². The number of para-hydroxylation sites is 2. The van der Waals surface area contributed by atoms with E-state index in [4.69, 9.17) is 0 Å². The molecule has 5 heteroatoms. The Labute approximate surface area is 98.0 Å². The van der Waals surface area contributed by atoms with Gasteiger partial charge >= 0.3 is 0 Å². The molecule has 0 radical (unpaired) electrons. The first-order chi connectivity index (χ1) is 7.72. The Morgan fingerprint density at radius 1 is 1.50 bits per heavy atom. The Hall–Kier alpha value is -1.49. The molecule has 0 fully saturated rings. The molecule has 1 heterocycles. The van der Waals surface area contributed by atoms with Crippen LogP contribution in [-0.2, 0) is 9.59 Å². The molecule has 84 valence electrons. The average Bonchev–Trinajstić information content (AvgIpc) is 2.28. The van der Waals surface area contributed by atoms with Crippen LogP contribution >= 0.6 is 11.8 Å². The molecular weight excluding hydrogens is 224 g/mol. The van der Waals surface area contributed by atoms with Crippen LogP contribution in [0.4, 0.5) is 11.4 Å². The first kappa shape index (κ1) is 11.0. The Balaban J connectivity index is 2.33. The van der Waals surface area contributed by atoms with Gasteiger partial charge in [0.2, 0.25) is 11.8 Å². The summed E-state index contributed by atoms with van der Waals surface area (Å²) in [5.41, 5.74) is 1.48. The predicted octanol–water partition coefficient (Wildman–Crippen LogP) is 1.33. The van der Waals surface area contributed by atoms with Crippen molar-refractivity contribution in [3.8, 4) is 0 Å². The van der Waals surface area contributed by atoms with E-state index in [2.05, 4.69) is 5.32 Å². The van der Waals surface area contributed by atoms with Gasteiger partial charge < -0.3 is 10.2 Å². The van der Waals surface area contributed by atoms with Gasteiger partial charge in [-0.05, 0) is 18.4 Å². The van der Waals surface area contributed by atoms with Gasteiger partial charge in [0.25, 0.3) is 0 Å². The number of nitrogens with zero attached hydrogens (tertiary/aromatic N) is 1. The minimum atomic E-state index is -0.145. The highest BCUT2D eigenvalue weighted by molar-refractivity contribution is 7.99. The summed E-state index contributed by atoms with van der Waals surface area (Å²) in [7, 11) is 0. The van der Waals surface area contributed by atoms with Gasteiger partial charge in [-0.2, -0.15) is 11.8 Å². The largest absolute Gasteiger partial charge is 0.323 e. The number of anilines is 2. The first-order valence-corrected chi connectivity index (χ1v) is 6.30. The van der Waals surface area contributed by atoms with Crippen molar-refractivity contribution in [3.05, 3.63) is 24.3 Å². The Morgan fingerprint density at radius 3 is 3.00 bits per heavy atom. The fraction of sp³-hybridized carbons (Fsp3) is 0.273. The van der Waals surface area contributed by atoms with Gasteiger partial charge in [-0.3, -0.25) is 9.59 Å². The van der Waals surface area contributed by atoms with E-state index in [9.17, 15) is 9.59 Å². The molecule has 16 heavy (non-hydrogen) atoms. The lowest BCUT2D eigenvalue weighted by Gasteiger charge is -2.28. The third-order valence-corrected chi connectivity index (χ3v) is 2.88. The molecule has 2 rings (SSSR count). The third-order valence-electron chi connectivity index (χ3n) is 2.34. The van der Waals surface area contributed by atoms with Gasteiger partial charge in [0.1, 0.15) is 6.54 Å². The highest BCUT2D eigenvalue weighted by Gasteiger charge is 2.25. The maximum atomic E-state index is 11.8. The minimum absolute atomic E-state index is 0.0326. The van der Waals surface area contributed by atoms with Crippen molar-refractivity contribution in [2.24, 2.45) is 0 Å². The summed E-state index contributed by atoms with van der Waals surface area (Å²) in [6.07, 6.45) is 1.87. The van der Waals surface area contributed by atoms with E-state index in [0.29, 0.717) is 11.4 Å². The molecule has 0 bridgehead atoms. The predicted molar refractivity (Wildman–Crippen MR) is 65.8 cm³/mol. The Kier molecular flexibility index (Phi) is 3.14. The second-order valence-corrected chi connectivity index (χ2v) is 4.34. The summed E-state index contributed by atoms with van der Waals surface area (Å²) in [6.45, 7) is 0.108. The van der Waals surface area contributed by atoms with Crippen LogP contribution in [0.25, 0.3) is 0 Å². The lowest BCUT2D eigenvalue weighted by atomic mass is 10.2. The molecule has 4 nitrogen and oxygen atoms in total. The van der Waals surface area contributed by atoms with Gasteiger partial charge in [-0.1, -0.05) is 12.1 Å². The number of carbonyl (C=O) groups is 2. The fourth-order valence-electron chi connectivity index (χ4n) is 1.66. The van der Waals surface area contributed by atoms with Crippen LogP contribution in [0.15, 0.2) is 24.3 Å². The van der Waals surface area contributed by atoms with E-state index in [0.717, 1.165) is 5.69 Å². The van der Waals surface area contributed by atoms with E-state index in [-0.39, 0.29) is 18.4 Å². The van der Waals surface area contributed by atoms with Crippen molar-refractivity contribution in [1.82, 2.24) is 0 Å². The zero-order valence-corrected chi connectivity index (χ0v) is 9.71. The monoisotopic (exact) mass is 236 g/mol. The third kappa shape index (κ3) is 2.04. The average molecular weight is 236 g/mol. The molecule has 0 aliphatic carbocycles. The van der Waals surface area contributed by atoms with Crippen LogP contribution in [-0.4, -0.2) is 30.4 Å². The van der Waals surface area contributed by atoms with E-state index < -0.39 is 0 Å². The normalized spacial score (nSPS) is 14.3. The van der Waals surface area contributed by atoms with E-state index in [1.165, 1.54) is 16.7 Å². The number of amides is 2. The lowest BCUT2D eigenvalue weighted by molar-refractivity contribution is -0.120. The van der Waals surface area contributed by atoms with Crippen LogP contribution in [0.1, 0.15) is 0 Å². The second kappa shape index (κ2) is 4.57. The fourth-order valence-corrected chi connectivity index (χ4v) is 2.06. The van der Waals surface area contributed by atoms with Gasteiger partial charge in [-0.25, -0.2) is 0 Å². The lowest BCUT2D eigenvalue weighted by Crippen LogP contribution is -2.42. The number of hydrogen-bond acceptors (Lipinski definition) is 3. The molecule has 0 atom stereocenters. The number of benzene rings is 1. The zero-order valence-electron chi connectivity index (χ0n) is 8.90. The molecule has 2 amide bonds. The van der Waals surface area contributed by atoms with E-state index >= 15 is 0 Å². The molecule has 1 aliphatic heterocycles. The van der Waals surface area contributed by atoms with Gasteiger partial charge in [0, 0.05) is 0 Å². The second-order valence-electron chi connectivity index (χ2n) is 3.48. The molecular formula is C11H12N2O2S. The first-order valence-electron chi connectivity index (χ1n) is 4.90. The topological polar surface area (TPSA) is 49.4 Å². The Morgan fingerprint density at radius 2 is 2.25 bits per heavy atom. The molecule has 1 aromatic carbocycles. The molecule has 0 spiro atoms. The van der Waals surface area contributed by atoms with Gasteiger partial charge in [0.15, 0.2) is 0 Å². The summed E-state index contributed by atoms with van der Waals surface area (Å²) >= 11 is 1.46. The summed E-state index contributed by atoms with van der Waals surface area (Å²) < 4.78 is 0. The smallest absolute Gasteiger partial charge is 0.244 e. The number of thioether (sulfide) groups is 1. The van der Waals surface area contributed by atoms with E-state index in [1.807, 2.05) is 24.5 Å². The number of carbonyl (C=O) groups excluding carboxylic acids is 2. The summed E-state index contributed by atoms with van der Waals surface area (Å²) in [4.78, 5) is 24.8. The SMILES string of the molecule is CSCC(=O)N1CC(=O)Nc2ccccc21. The summed E-state index contributed by atoms with van der Waals surface area (Å²) in [5, 5.41) is 2.75. The quantitative estimate of drug-likeness (QED) is 0.843. The van der Waals surface area contributed by atoms with Crippen molar-refractivity contribution >= 4 is 35.0 Å². The van der Waals surface area contributed by atoms with Gasteiger partial charge in [0.05, 0.1) is 17.1 Å². The standard InChI is InChI=1S/C11H12N2O2S/c1-16-7-11(15)13-6-10(14)12-8-4-2-3-5-9(8)13/h2-5H,6-7H2,1H3,(H,12,14). The number of fused-ring (bicyclic) bond motifs is 1. The number of nitrogens with one attached hydrogen (secondary N) is 1. The van der Waals surface area contributed by atoms with Crippen molar-refractivity contribution in [1.29, 1.82) is 0 Å². The number of hydrogen-bond donors (Lipinski definition) is 1.